The van der Waals surface area contributed by atoms with Gasteiger partial charge in [0.25, 0.3) is 0 Å². The van der Waals surface area contributed by atoms with Gasteiger partial charge in [-0.15, -0.1) is 0 Å². The van der Waals surface area contributed by atoms with Crippen LogP contribution in [0.2, 0.25) is 0 Å². The van der Waals surface area contributed by atoms with E-state index in [-0.39, 0.29) is 5.56 Å². The number of aromatic nitrogens is 2. The average Bonchev–Trinajstić information content (AvgIpc) is 3.48. The molecule has 0 unspecified atom stereocenters. The molecule has 3 heterocycles. The molecule has 0 saturated carbocycles. The van der Waals surface area contributed by atoms with Crippen molar-refractivity contribution in [2.45, 2.75) is 53.9 Å². The van der Waals surface area contributed by atoms with E-state index in [1.807, 2.05) is 44.3 Å². The Morgan fingerprint density at radius 1 is 1.02 bits per heavy atom. The molecule has 2 aromatic heterocycles. The molecule has 43 heavy (non-hydrogen) atoms. The first-order valence-electron chi connectivity index (χ1n) is 15.5. The maximum absolute atomic E-state index is 12.0. The van der Waals surface area contributed by atoms with E-state index in [4.69, 9.17) is 4.74 Å². The van der Waals surface area contributed by atoms with Gasteiger partial charge in [0.2, 0.25) is 0 Å². The number of fused-ring (bicyclic) bond motifs is 1. The molecule has 2 aromatic carbocycles. The van der Waals surface area contributed by atoms with Crippen molar-refractivity contribution >= 4 is 28.3 Å². The van der Waals surface area contributed by atoms with E-state index in [0.29, 0.717) is 16.9 Å². The van der Waals surface area contributed by atoms with Crippen molar-refractivity contribution in [2.24, 2.45) is 5.41 Å². The smallest absolute Gasteiger partial charge is 0.339 e. The van der Waals surface area contributed by atoms with E-state index < -0.39 is 5.97 Å². The molecule has 2 aliphatic rings. The first-order chi connectivity index (χ1) is 20.7. The van der Waals surface area contributed by atoms with Crippen LogP contribution in [0.1, 0.15) is 68.4 Å². The second-order valence-corrected chi connectivity index (χ2v) is 12.2. The van der Waals surface area contributed by atoms with Gasteiger partial charge in [-0.25, -0.2) is 9.78 Å². The lowest BCUT2D eigenvalue weighted by Gasteiger charge is -2.39. The third-order valence-corrected chi connectivity index (χ3v) is 8.54. The van der Waals surface area contributed by atoms with Gasteiger partial charge in [0.1, 0.15) is 22.7 Å². The fourth-order valence-electron chi connectivity index (χ4n) is 6.07. The lowest BCUT2D eigenvalue weighted by atomic mass is 9.72. The van der Waals surface area contributed by atoms with Crippen molar-refractivity contribution in [3.63, 3.8) is 0 Å². The van der Waals surface area contributed by atoms with Gasteiger partial charge in [-0.1, -0.05) is 63.1 Å². The number of carbonyl (C=O) groups is 1. The van der Waals surface area contributed by atoms with Gasteiger partial charge in [0.05, 0.1) is 6.20 Å². The van der Waals surface area contributed by atoms with E-state index >= 15 is 0 Å². The van der Waals surface area contributed by atoms with Crippen LogP contribution < -0.4 is 9.64 Å². The monoisotopic (exact) mass is 580 g/mol. The molecule has 0 atom stereocenters. The summed E-state index contributed by atoms with van der Waals surface area (Å²) in [6.45, 7) is 15.6. The molecule has 6 rings (SSSR count). The van der Waals surface area contributed by atoms with Gasteiger partial charge in [-0.2, -0.15) is 0 Å². The molecule has 1 saturated heterocycles. The highest BCUT2D eigenvalue weighted by molar-refractivity contribution is 5.92. The number of anilines is 1. The summed E-state index contributed by atoms with van der Waals surface area (Å²) in [5.74, 6) is -0.179. The average molecular weight is 581 g/mol. The Balaban J connectivity index is 0.00000180. The minimum absolute atomic E-state index is 0.136. The number of allylic oxidation sites excluding steroid dienone is 1. The van der Waals surface area contributed by atoms with Crippen LogP contribution in [0.25, 0.3) is 16.6 Å². The van der Waals surface area contributed by atoms with E-state index in [9.17, 15) is 9.90 Å². The number of piperazine rings is 1. The highest BCUT2D eigenvalue weighted by atomic mass is 16.5. The van der Waals surface area contributed by atoms with Crippen molar-refractivity contribution in [1.82, 2.24) is 14.9 Å². The highest BCUT2D eigenvalue weighted by Crippen LogP contribution is 2.43. The molecular formula is C36H44N4O3. The van der Waals surface area contributed by atoms with Crippen molar-refractivity contribution in [3.05, 3.63) is 89.3 Å². The Kier molecular flexibility index (Phi) is 9.21. The zero-order valence-corrected chi connectivity index (χ0v) is 26.1. The summed E-state index contributed by atoms with van der Waals surface area (Å²) in [4.78, 5) is 24.3. The number of H-pyrrole nitrogens is 1. The van der Waals surface area contributed by atoms with Crippen LogP contribution in [0.3, 0.4) is 0 Å². The topological polar surface area (TPSA) is 81.7 Å². The van der Waals surface area contributed by atoms with Crippen molar-refractivity contribution in [3.8, 4) is 11.5 Å². The molecule has 1 aliphatic heterocycles. The van der Waals surface area contributed by atoms with E-state index in [2.05, 4.69) is 64.8 Å². The Hall–Kier alpha value is -4.10. The van der Waals surface area contributed by atoms with Gasteiger partial charge >= 0.3 is 5.97 Å². The van der Waals surface area contributed by atoms with Gasteiger partial charge in [0, 0.05) is 56.1 Å². The molecular weight excluding hydrogens is 536 g/mol. The molecule has 4 aromatic rings. The molecule has 2 N–H and O–H groups in total. The zero-order valence-electron chi connectivity index (χ0n) is 26.1. The summed E-state index contributed by atoms with van der Waals surface area (Å²) >= 11 is 0. The van der Waals surface area contributed by atoms with Crippen LogP contribution in [-0.2, 0) is 0 Å². The molecule has 0 radical (unpaired) electrons. The van der Waals surface area contributed by atoms with Gasteiger partial charge in [-0.3, -0.25) is 4.90 Å². The Labute approximate surface area is 255 Å². The number of hydrogen-bond donors (Lipinski definition) is 2. The van der Waals surface area contributed by atoms with Crippen LogP contribution in [0.4, 0.5) is 5.69 Å². The van der Waals surface area contributed by atoms with Gasteiger partial charge in [-0.05, 0) is 67.0 Å². The third kappa shape index (κ3) is 7.11. The first kappa shape index (κ1) is 30.4. The maximum atomic E-state index is 12.0. The molecule has 7 heteroatoms. The van der Waals surface area contributed by atoms with Crippen molar-refractivity contribution in [1.29, 1.82) is 0 Å². The number of ether oxygens (including phenoxy) is 1. The number of aromatic amines is 1. The molecule has 1 fully saturated rings. The van der Waals surface area contributed by atoms with E-state index in [1.54, 1.807) is 17.8 Å². The number of pyridine rings is 1. The first-order valence-corrected chi connectivity index (χ1v) is 15.5. The molecule has 0 amide bonds. The molecule has 1 aliphatic carbocycles. The van der Waals surface area contributed by atoms with Crippen LogP contribution in [0.15, 0.2) is 72.6 Å². The second-order valence-electron chi connectivity index (χ2n) is 12.2. The number of aromatic carboxylic acids is 1. The fraction of sp³-hybridized carbons (Fsp3) is 0.389. The number of rotatable bonds is 7. The Morgan fingerprint density at radius 3 is 2.49 bits per heavy atom. The zero-order chi connectivity index (χ0) is 30.6. The number of carboxylic acids is 1. The minimum atomic E-state index is -1.01. The summed E-state index contributed by atoms with van der Waals surface area (Å²) < 4.78 is 6.08. The van der Waals surface area contributed by atoms with Crippen LogP contribution in [-0.4, -0.2) is 58.7 Å². The van der Waals surface area contributed by atoms with Crippen molar-refractivity contribution in [2.75, 3.05) is 37.6 Å². The van der Waals surface area contributed by atoms with E-state index in [1.165, 1.54) is 23.1 Å². The summed E-state index contributed by atoms with van der Waals surface area (Å²) in [7, 11) is 0. The summed E-state index contributed by atoms with van der Waals surface area (Å²) in [6, 6.07) is 18.2. The number of nitrogens with zero attached hydrogens (tertiary/aromatic N) is 3. The number of hydrogen-bond acceptors (Lipinski definition) is 5. The van der Waals surface area contributed by atoms with Gasteiger partial charge in [0.15, 0.2) is 0 Å². The maximum Gasteiger partial charge on any atom is 0.339 e. The summed E-state index contributed by atoms with van der Waals surface area (Å²) in [6.07, 6.45) is 6.93. The minimum Gasteiger partial charge on any atom is -0.478 e. The van der Waals surface area contributed by atoms with Gasteiger partial charge < -0.3 is 19.7 Å². The third-order valence-electron chi connectivity index (χ3n) is 8.54. The summed E-state index contributed by atoms with van der Waals surface area (Å²) in [5, 5.41) is 10.7. The highest BCUT2D eigenvalue weighted by Gasteiger charge is 2.29. The molecule has 0 spiro atoms. The normalized spacial score (nSPS) is 17.0. The number of nitrogens with one attached hydrogen (secondary N) is 1. The Bertz CT molecular complexity index is 1590. The van der Waals surface area contributed by atoms with Crippen LogP contribution >= 0.6 is 0 Å². The number of aryl methyl sites for hydroxylation is 1. The predicted octanol–water partition coefficient (Wildman–Crippen LogP) is 8.17. The fourth-order valence-corrected chi connectivity index (χ4v) is 6.07. The van der Waals surface area contributed by atoms with Crippen LogP contribution in [0.5, 0.6) is 11.5 Å². The van der Waals surface area contributed by atoms with Crippen LogP contribution in [0, 0.1) is 12.3 Å². The number of benzene rings is 2. The lowest BCUT2D eigenvalue weighted by Crippen LogP contribution is -2.47. The second kappa shape index (κ2) is 13.0. The number of carboxylic acid groups (broad SMARTS) is 1. The molecule has 0 bridgehead atoms. The SMILES string of the molecule is CC.Cc1ccc(C2=C(CN3CCN(c4ccc(C(=O)O)c(Oc5cnc6[nH]ccc6c5)c4)CC3)CCC(C)(C)C2)cc1. The van der Waals surface area contributed by atoms with Crippen molar-refractivity contribution < 1.29 is 14.6 Å². The van der Waals surface area contributed by atoms with E-state index in [0.717, 1.165) is 62.3 Å². The largest absolute Gasteiger partial charge is 0.478 e. The lowest BCUT2D eigenvalue weighted by molar-refractivity contribution is 0.0694. The standard InChI is InChI=1S/C34H38N4O3.C2H6/c1-23-4-6-24(7-5-23)30-20-34(2,3)12-10-26(30)22-37-14-16-38(17-15-37)27-8-9-29(33(39)40)31(19-27)41-28-18-25-11-13-35-32(25)36-21-28;1-2/h4-9,11,13,18-19,21H,10,12,14-17,20,22H2,1-3H3,(H,35,36)(H,39,40);1-2H3. The molecule has 7 nitrogen and oxygen atoms in total. The molecule has 226 valence electrons. The Morgan fingerprint density at radius 2 is 1.77 bits per heavy atom. The summed E-state index contributed by atoms with van der Waals surface area (Å²) in [5.41, 5.74) is 7.98. The quantitative estimate of drug-likeness (QED) is 0.229. The predicted molar refractivity (Wildman–Crippen MR) is 175 cm³/mol.